The summed E-state index contributed by atoms with van der Waals surface area (Å²) in [6, 6.07) is 5.97. The summed E-state index contributed by atoms with van der Waals surface area (Å²) in [5.74, 6) is -2.16. The molecule has 0 radical (unpaired) electrons. The van der Waals surface area contributed by atoms with Crippen LogP contribution in [0.4, 0.5) is 14.5 Å². The number of rotatable bonds is 5. The summed E-state index contributed by atoms with van der Waals surface area (Å²) in [6.07, 6.45) is 0. The zero-order chi connectivity index (χ0) is 19.0. The largest absolute Gasteiger partial charge is 0.279 e. The molecule has 0 unspecified atom stereocenters. The van der Waals surface area contributed by atoms with Gasteiger partial charge in [0.15, 0.2) is 0 Å². The fourth-order valence-corrected chi connectivity index (χ4v) is 4.09. The van der Waals surface area contributed by atoms with Crippen LogP contribution in [0.25, 0.3) is 0 Å². The molecule has 6 nitrogen and oxygen atoms in total. The number of nitrogens with zero attached hydrogens (tertiary/aromatic N) is 1. The standard InChI is InChI=1S/C15H16F2N2O4S2/c1-10-4-6-12(25(22,23)19(2)3)9-14(10)18-24(20,21)15-7-5-11(16)8-13(15)17/h4-9,18H,1-3H3. The molecule has 0 amide bonds. The van der Waals surface area contributed by atoms with E-state index in [2.05, 4.69) is 4.72 Å². The average molecular weight is 390 g/mol. The highest BCUT2D eigenvalue weighted by atomic mass is 32.2. The van der Waals surface area contributed by atoms with Crippen LogP contribution in [0.5, 0.6) is 0 Å². The summed E-state index contributed by atoms with van der Waals surface area (Å²) in [7, 11) is -5.46. The Kier molecular flexibility index (Phi) is 5.17. The molecule has 0 aliphatic heterocycles. The number of hydrogen-bond donors (Lipinski definition) is 1. The van der Waals surface area contributed by atoms with Crippen molar-refractivity contribution in [3.05, 3.63) is 53.6 Å². The minimum absolute atomic E-state index is 0.0216. The number of benzene rings is 2. The molecule has 25 heavy (non-hydrogen) atoms. The quantitative estimate of drug-likeness (QED) is 0.849. The Morgan fingerprint density at radius 3 is 2.16 bits per heavy atom. The molecule has 0 heterocycles. The topological polar surface area (TPSA) is 83.6 Å². The molecule has 1 N–H and O–H groups in total. The molecule has 10 heteroatoms. The van der Waals surface area contributed by atoms with Crippen molar-refractivity contribution >= 4 is 25.7 Å². The Morgan fingerprint density at radius 1 is 0.960 bits per heavy atom. The van der Waals surface area contributed by atoms with Crippen molar-refractivity contribution in [1.82, 2.24) is 4.31 Å². The molecular formula is C15H16F2N2O4S2. The summed E-state index contributed by atoms with van der Waals surface area (Å²) in [4.78, 5) is -0.866. The summed E-state index contributed by atoms with van der Waals surface area (Å²) >= 11 is 0. The van der Waals surface area contributed by atoms with E-state index < -0.39 is 36.6 Å². The number of halogens is 2. The molecule has 0 aliphatic rings. The number of aryl methyl sites for hydroxylation is 1. The Labute approximate surface area is 145 Å². The van der Waals surface area contributed by atoms with Crippen LogP contribution in [0, 0.1) is 18.6 Å². The lowest BCUT2D eigenvalue weighted by Crippen LogP contribution is -2.22. The molecule has 2 aromatic carbocycles. The van der Waals surface area contributed by atoms with Crippen LogP contribution in [0.1, 0.15) is 5.56 Å². The highest BCUT2D eigenvalue weighted by molar-refractivity contribution is 7.92. The van der Waals surface area contributed by atoms with Gasteiger partial charge in [-0.05, 0) is 36.8 Å². The van der Waals surface area contributed by atoms with Gasteiger partial charge in [0.25, 0.3) is 10.0 Å². The second-order valence-electron chi connectivity index (χ2n) is 5.44. The van der Waals surface area contributed by atoms with Crippen LogP contribution < -0.4 is 4.72 Å². The number of sulfonamides is 2. The first-order valence-electron chi connectivity index (χ1n) is 6.96. The lowest BCUT2D eigenvalue weighted by molar-refractivity contribution is 0.520. The Hall–Kier alpha value is -2.04. The van der Waals surface area contributed by atoms with Crippen LogP contribution in [0.15, 0.2) is 46.2 Å². The second-order valence-corrected chi connectivity index (χ2v) is 9.25. The van der Waals surface area contributed by atoms with Crippen LogP contribution >= 0.6 is 0 Å². The summed E-state index contributed by atoms with van der Waals surface area (Å²) < 4.78 is 78.9. The smallest absolute Gasteiger partial charge is 0.264 e. The summed E-state index contributed by atoms with van der Waals surface area (Å²) in [5.41, 5.74) is 0.412. The molecule has 0 aromatic heterocycles. The van der Waals surface area contributed by atoms with Gasteiger partial charge in [-0.1, -0.05) is 6.07 Å². The first kappa shape index (κ1) is 19.3. The van der Waals surface area contributed by atoms with Crippen LogP contribution in [-0.4, -0.2) is 35.2 Å². The van der Waals surface area contributed by atoms with Gasteiger partial charge in [-0.2, -0.15) is 0 Å². The van der Waals surface area contributed by atoms with E-state index in [1.54, 1.807) is 6.92 Å². The van der Waals surface area contributed by atoms with Crippen molar-refractivity contribution in [2.45, 2.75) is 16.7 Å². The van der Waals surface area contributed by atoms with Gasteiger partial charge in [0.05, 0.1) is 10.6 Å². The Bertz CT molecular complexity index is 1020. The maximum atomic E-state index is 13.8. The van der Waals surface area contributed by atoms with E-state index >= 15 is 0 Å². The van der Waals surface area contributed by atoms with E-state index in [-0.39, 0.29) is 10.6 Å². The maximum absolute atomic E-state index is 13.8. The van der Waals surface area contributed by atoms with Gasteiger partial charge in [-0.3, -0.25) is 4.72 Å². The molecule has 0 spiro atoms. The molecular weight excluding hydrogens is 374 g/mol. The van der Waals surface area contributed by atoms with Crippen molar-refractivity contribution in [1.29, 1.82) is 0 Å². The predicted octanol–water partition coefficient (Wildman–Crippen LogP) is 2.32. The SMILES string of the molecule is Cc1ccc(S(=O)(=O)N(C)C)cc1NS(=O)(=O)c1ccc(F)cc1F. The third kappa shape index (κ3) is 3.97. The first-order valence-corrected chi connectivity index (χ1v) is 9.88. The molecule has 136 valence electrons. The second kappa shape index (κ2) is 6.70. The average Bonchev–Trinajstić information content (AvgIpc) is 2.48. The summed E-state index contributed by atoms with van der Waals surface area (Å²) in [5, 5.41) is 0. The van der Waals surface area contributed by atoms with Gasteiger partial charge in [-0.25, -0.2) is 29.9 Å². The highest BCUT2D eigenvalue weighted by Gasteiger charge is 2.23. The van der Waals surface area contributed by atoms with Crippen LogP contribution in [0.2, 0.25) is 0 Å². The fourth-order valence-electron chi connectivity index (χ4n) is 1.98. The lowest BCUT2D eigenvalue weighted by atomic mass is 10.2. The maximum Gasteiger partial charge on any atom is 0.264 e. The molecule has 0 aliphatic carbocycles. The third-order valence-electron chi connectivity index (χ3n) is 3.42. The Balaban J connectivity index is 2.49. The minimum Gasteiger partial charge on any atom is -0.279 e. The summed E-state index contributed by atoms with van der Waals surface area (Å²) in [6.45, 7) is 1.56. The zero-order valence-electron chi connectivity index (χ0n) is 13.6. The van der Waals surface area contributed by atoms with Gasteiger partial charge in [0.1, 0.15) is 16.5 Å². The zero-order valence-corrected chi connectivity index (χ0v) is 15.2. The fraction of sp³-hybridized carbons (Fsp3) is 0.200. The molecule has 0 saturated heterocycles. The van der Waals surface area contributed by atoms with Gasteiger partial charge in [-0.15, -0.1) is 0 Å². The van der Waals surface area contributed by atoms with Crippen molar-refractivity contribution in [2.75, 3.05) is 18.8 Å². The minimum atomic E-state index is -4.37. The van der Waals surface area contributed by atoms with E-state index in [4.69, 9.17) is 0 Å². The lowest BCUT2D eigenvalue weighted by Gasteiger charge is -2.15. The molecule has 2 rings (SSSR count). The van der Waals surface area contributed by atoms with E-state index in [9.17, 15) is 25.6 Å². The van der Waals surface area contributed by atoms with Crippen molar-refractivity contribution in [3.8, 4) is 0 Å². The monoisotopic (exact) mass is 390 g/mol. The first-order chi connectivity index (χ1) is 11.4. The van der Waals surface area contributed by atoms with Crippen LogP contribution in [-0.2, 0) is 20.0 Å². The predicted molar refractivity (Wildman–Crippen MR) is 89.2 cm³/mol. The number of hydrogen-bond acceptors (Lipinski definition) is 4. The normalized spacial score (nSPS) is 12.4. The molecule has 0 atom stereocenters. The van der Waals surface area contributed by atoms with E-state index in [1.165, 1.54) is 26.2 Å². The van der Waals surface area contributed by atoms with Crippen molar-refractivity contribution in [2.24, 2.45) is 0 Å². The molecule has 0 saturated carbocycles. The van der Waals surface area contributed by atoms with E-state index in [0.717, 1.165) is 22.5 Å². The molecule has 2 aromatic rings. The highest BCUT2D eigenvalue weighted by Crippen LogP contribution is 2.25. The van der Waals surface area contributed by atoms with Crippen molar-refractivity contribution < 1.29 is 25.6 Å². The molecule has 0 fully saturated rings. The van der Waals surface area contributed by atoms with E-state index in [0.29, 0.717) is 11.6 Å². The third-order valence-corrected chi connectivity index (χ3v) is 6.63. The number of anilines is 1. The molecule has 0 bridgehead atoms. The Morgan fingerprint density at radius 2 is 1.60 bits per heavy atom. The van der Waals surface area contributed by atoms with Crippen molar-refractivity contribution in [3.63, 3.8) is 0 Å². The number of nitrogens with one attached hydrogen (secondary N) is 1. The van der Waals surface area contributed by atoms with Gasteiger partial charge in [0.2, 0.25) is 10.0 Å². The van der Waals surface area contributed by atoms with Crippen LogP contribution in [0.3, 0.4) is 0 Å². The van der Waals surface area contributed by atoms with E-state index in [1.807, 2.05) is 0 Å². The van der Waals surface area contributed by atoms with Gasteiger partial charge >= 0.3 is 0 Å². The van der Waals surface area contributed by atoms with Gasteiger partial charge < -0.3 is 0 Å². The van der Waals surface area contributed by atoms with Gasteiger partial charge in [0, 0.05) is 20.2 Å².